The molecule has 1 amide bonds. The van der Waals surface area contributed by atoms with Crippen molar-refractivity contribution in [1.82, 2.24) is 5.43 Å². The van der Waals surface area contributed by atoms with Gasteiger partial charge in [-0.15, -0.1) is 0 Å². The Morgan fingerprint density at radius 3 is 2.82 bits per heavy atom. The number of allylic oxidation sites excluding steroid dienone is 2. The number of carbonyl (C=O) groups is 1. The number of hydrogen-bond acceptors (Lipinski definition) is 3. The maximum atomic E-state index is 11.8. The predicted octanol–water partition coefficient (Wildman–Crippen LogP) is 3.19. The molecule has 1 fully saturated rings. The average Bonchev–Trinajstić information content (AvgIpc) is 2.54. The van der Waals surface area contributed by atoms with Crippen molar-refractivity contribution in [3.63, 3.8) is 0 Å². The zero-order valence-electron chi connectivity index (χ0n) is 13.2. The molecule has 2 N–H and O–H groups in total. The molecule has 2 bridgehead atoms. The van der Waals surface area contributed by atoms with Crippen LogP contribution in [0.25, 0.3) is 0 Å². The number of hydrogen-bond donors (Lipinski definition) is 2. The number of rotatable bonds is 5. The molecule has 116 valence electrons. The maximum Gasteiger partial charge on any atom is 0.259 e. The average molecular weight is 297 g/mol. The topological polar surface area (TPSA) is 53.5 Å². The Hall–Kier alpha value is -2.10. The van der Waals surface area contributed by atoms with Gasteiger partial charge < -0.3 is 5.32 Å². The normalized spacial score (nSPS) is 25.3. The third-order valence-corrected chi connectivity index (χ3v) is 5.14. The molecule has 0 aromatic heterocycles. The van der Waals surface area contributed by atoms with Gasteiger partial charge in [-0.2, -0.15) is 5.10 Å². The van der Waals surface area contributed by atoms with Gasteiger partial charge in [-0.05, 0) is 47.8 Å². The van der Waals surface area contributed by atoms with E-state index >= 15 is 0 Å². The molecule has 0 heterocycles. The van der Waals surface area contributed by atoms with Gasteiger partial charge in [0.2, 0.25) is 0 Å². The van der Waals surface area contributed by atoms with Crippen LogP contribution in [0.1, 0.15) is 26.7 Å². The van der Waals surface area contributed by atoms with Crippen LogP contribution in [-0.4, -0.2) is 18.7 Å². The van der Waals surface area contributed by atoms with Crippen molar-refractivity contribution in [2.45, 2.75) is 26.7 Å². The van der Waals surface area contributed by atoms with Crippen molar-refractivity contribution >= 4 is 17.8 Å². The van der Waals surface area contributed by atoms with Crippen molar-refractivity contribution in [2.75, 3.05) is 11.9 Å². The maximum absolute atomic E-state index is 11.8. The SMILES string of the molecule is CC1(C)[C@H]2CC=C(/C=N/NC(=O)CNc3ccccc3)[C@H]1C2. The van der Waals surface area contributed by atoms with Crippen LogP contribution < -0.4 is 10.7 Å². The first kappa shape index (κ1) is 14.8. The van der Waals surface area contributed by atoms with Crippen molar-refractivity contribution in [3.8, 4) is 0 Å². The Morgan fingerprint density at radius 2 is 2.14 bits per heavy atom. The van der Waals surface area contributed by atoms with E-state index in [1.807, 2.05) is 36.5 Å². The molecule has 0 radical (unpaired) electrons. The Bertz CT molecular complexity index is 604. The molecule has 1 aromatic rings. The third-order valence-electron chi connectivity index (χ3n) is 5.14. The number of nitrogens with one attached hydrogen (secondary N) is 2. The number of benzene rings is 1. The van der Waals surface area contributed by atoms with E-state index in [9.17, 15) is 4.79 Å². The van der Waals surface area contributed by atoms with E-state index in [0.717, 1.165) is 18.0 Å². The number of amides is 1. The number of hydrazone groups is 1. The molecule has 3 aliphatic carbocycles. The van der Waals surface area contributed by atoms with Gasteiger partial charge in [0.05, 0.1) is 12.8 Å². The minimum absolute atomic E-state index is 0.137. The molecule has 1 saturated carbocycles. The molecule has 1 aromatic carbocycles. The molecular weight excluding hydrogens is 274 g/mol. The van der Waals surface area contributed by atoms with E-state index < -0.39 is 0 Å². The zero-order valence-corrected chi connectivity index (χ0v) is 13.2. The standard InChI is InChI=1S/C18H23N3O/c1-18(2)14-9-8-13(16(18)10-14)11-20-21-17(22)12-19-15-6-4-3-5-7-15/h3-8,11,14,16,19H,9-10,12H2,1-2H3,(H,21,22)/b20-11+/t14-,16+/m0/s1. The summed E-state index contributed by atoms with van der Waals surface area (Å²) in [6.45, 7) is 4.88. The molecule has 4 heteroatoms. The first-order chi connectivity index (χ1) is 10.6. The largest absolute Gasteiger partial charge is 0.376 e. The second-order valence-electron chi connectivity index (χ2n) is 6.76. The van der Waals surface area contributed by atoms with Crippen LogP contribution in [0.15, 0.2) is 47.1 Å². The van der Waals surface area contributed by atoms with E-state index in [0.29, 0.717) is 11.3 Å². The van der Waals surface area contributed by atoms with Gasteiger partial charge in [0.15, 0.2) is 0 Å². The van der Waals surface area contributed by atoms with Crippen LogP contribution in [0, 0.1) is 17.3 Å². The highest BCUT2D eigenvalue weighted by atomic mass is 16.2. The fourth-order valence-corrected chi connectivity index (χ4v) is 3.50. The van der Waals surface area contributed by atoms with Gasteiger partial charge >= 0.3 is 0 Å². The van der Waals surface area contributed by atoms with Gasteiger partial charge in [0.25, 0.3) is 5.91 Å². The fourth-order valence-electron chi connectivity index (χ4n) is 3.50. The summed E-state index contributed by atoms with van der Waals surface area (Å²) in [7, 11) is 0. The van der Waals surface area contributed by atoms with Crippen LogP contribution in [0.3, 0.4) is 0 Å². The lowest BCUT2D eigenvalue weighted by Crippen LogP contribution is -2.48. The smallest absolute Gasteiger partial charge is 0.259 e. The van der Waals surface area contributed by atoms with Crippen LogP contribution in [0.2, 0.25) is 0 Å². The van der Waals surface area contributed by atoms with E-state index in [2.05, 4.69) is 35.8 Å². The Morgan fingerprint density at radius 1 is 1.36 bits per heavy atom. The molecule has 4 rings (SSSR count). The van der Waals surface area contributed by atoms with Crippen LogP contribution >= 0.6 is 0 Å². The van der Waals surface area contributed by atoms with Crippen molar-refractivity contribution in [2.24, 2.45) is 22.4 Å². The Balaban J connectivity index is 1.46. The number of anilines is 1. The van der Waals surface area contributed by atoms with E-state index in [1.165, 1.54) is 12.0 Å². The lowest BCUT2D eigenvalue weighted by Gasteiger charge is -2.55. The quantitative estimate of drug-likeness (QED) is 0.648. The van der Waals surface area contributed by atoms with Crippen LogP contribution in [-0.2, 0) is 4.79 Å². The molecule has 22 heavy (non-hydrogen) atoms. The van der Waals surface area contributed by atoms with Crippen LogP contribution in [0.5, 0.6) is 0 Å². The lowest BCUT2D eigenvalue weighted by atomic mass is 9.49. The number of carbonyl (C=O) groups excluding carboxylic acids is 1. The van der Waals surface area contributed by atoms with E-state index in [-0.39, 0.29) is 12.5 Å². The highest BCUT2D eigenvalue weighted by molar-refractivity contribution is 5.84. The molecule has 0 spiro atoms. The number of nitrogens with zero attached hydrogens (tertiary/aromatic N) is 1. The highest BCUT2D eigenvalue weighted by Crippen LogP contribution is 2.58. The molecule has 0 saturated heterocycles. The highest BCUT2D eigenvalue weighted by Gasteiger charge is 2.50. The summed E-state index contributed by atoms with van der Waals surface area (Å²) < 4.78 is 0. The van der Waals surface area contributed by atoms with Gasteiger partial charge in [-0.25, -0.2) is 5.43 Å². The van der Waals surface area contributed by atoms with E-state index in [1.54, 1.807) is 0 Å². The number of para-hydroxylation sites is 1. The molecule has 2 atom stereocenters. The monoisotopic (exact) mass is 297 g/mol. The summed E-state index contributed by atoms with van der Waals surface area (Å²) in [6, 6.07) is 9.67. The lowest BCUT2D eigenvalue weighted by molar-refractivity contribution is -0.119. The second-order valence-corrected chi connectivity index (χ2v) is 6.76. The minimum Gasteiger partial charge on any atom is -0.376 e. The summed E-state index contributed by atoms with van der Waals surface area (Å²) in [4.78, 5) is 11.8. The third kappa shape index (κ3) is 2.91. The molecule has 4 nitrogen and oxygen atoms in total. The van der Waals surface area contributed by atoms with E-state index in [4.69, 9.17) is 0 Å². The predicted molar refractivity (Wildman–Crippen MR) is 89.6 cm³/mol. The second kappa shape index (κ2) is 5.95. The summed E-state index contributed by atoms with van der Waals surface area (Å²) in [6.07, 6.45) is 6.48. The fraction of sp³-hybridized carbons (Fsp3) is 0.444. The van der Waals surface area contributed by atoms with Gasteiger partial charge in [0, 0.05) is 5.69 Å². The van der Waals surface area contributed by atoms with Gasteiger partial charge in [-0.1, -0.05) is 38.1 Å². The zero-order chi connectivity index (χ0) is 15.6. The summed E-state index contributed by atoms with van der Waals surface area (Å²) in [5.74, 6) is 1.27. The molecule has 0 unspecified atom stereocenters. The first-order valence-electron chi connectivity index (χ1n) is 7.88. The van der Waals surface area contributed by atoms with Gasteiger partial charge in [-0.3, -0.25) is 4.79 Å². The van der Waals surface area contributed by atoms with Crippen molar-refractivity contribution in [1.29, 1.82) is 0 Å². The molecular formula is C18H23N3O. The molecule has 0 aliphatic heterocycles. The van der Waals surface area contributed by atoms with Crippen molar-refractivity contribution < 1.29 is 4.79 Å². The van der Waals surface area contributed by atoms with Crippen LogP contribution in [0.4, 0.5) is 5.69 Å². The Kier molecular flexibility index (Phi) is 4.01. The Labute approximate surface area is 131 Å². The summed E-state index contributed by atoms with van der Waals surface area (Å²) >= 11 is 0. The first-order valence-corrected chi connectivity index (χ1v) is 7.88. The summed E-state index contributed by atoms with van der Waals surface area (Å²) in [5, 5.41) is 7.18. The minimum atomic E-state index is -0.137. The summed E-state index contributed by atoms with van der Waals surface area (Å²) in [5.41, 5.74) is 5.17. The van der Waals surface area contributed by atoms with Gasteiger partial charge in [0.1, 0.15) is 0 Å². The van der Waals surface area contributed by atoms with Crippen molar-refractivity contribution in [3.05, 3.63) is 42.0 Å². The molecule has 3 aliphatic rings. The number of fused-ring (bicyclic) bond motifs is 1.